The van der Waals surface area contributed by atoms with E-state index in [0.717, 1.165) is 6.42 Å². The first-order valence-corrected chi connectivity index (χ1v) is 4.68. The second-order valence-electron chi connectivity index (χ2n) is 3.53. The maximum Gasteiger partial charge on any atom is 0.0307 e. The molecule has 0 saturated heterocycles. The molecule has 72 valence electrons. The number of rotatable bonds is 3. The first-order valence-electron chi connectivity index (χ1n) is 4.68. The largest absolute Gasteiger partial charge is 0.330 e. The molecule has 13 heavy (non-hydrogen) atoms. The van der Waals surface area contributed by atoms with Crippen LogP contribution in [0.5, 0.6) is 0 Å². The van der Waals surface area contributed by atoms with Gasteiger partial charge >= 0.3 is 0 Å². The number of benzene rings is 1. The Labute approximate surface area is 79.9 Å². The summed E-state index contributed by atoms with van der Waals surface area (Å²) in [4.78, 5) is 0. The Hall–Kier alpha value is -0.860. The Kier molecular flexibility index (Phi) is 3.46. The Morgan fingerprint density at radius 3 is 2.46 bits per heavy atom. The second kappa shape index (κ2) is 4.40. The summed E-state index contributed by atoms with van der Waals surface area (Å²) in [6, 6.07) is 6.43. The minimum absolute atomic E-state index is 0.0873. The number of nitrogens with two attached hydrogens (primary N) is 2. The maximum atomic E-state index is 5.94. The van der Waals surface area contributed by atoms with E-state index in [-0.39, 0.29) is 6.04 Å². The van der Waals surface area contributed by atoms with Gasteiger partial charge in [0, 0.05) is 6.04 Å². The molecule has 0 bridgehead atoms. The molecule has 2 heteroatoms. The Bertz CT molecular complexity index is 281. The number of hydrogen-bond donors (Lipinski definition) is 2. The quantitative estimate of drug-likeness (QED) is 0.739. The minimum atomic E-state index is 0.0873. The van der Waals surface area contributed by atoms with Gasteiger partial charge in [-0.1, -0.05) is 18.2 Å². The monoisotopic (exact) mass is 178 g/mol. The van der Waals surface area contributed by atoms with Crippen molar-refractivity contribution in [1.82, 2.24) is 0 Å². The summed E-state index contributed by atoms with van der Waals surface area (Å²) < 4.78 is 0. The van der Waals surface area contributed by atoms with Crippen molar-refractivity contribution in [1.29, 1.82) is 0 Å². The van der Waals surface area contributed by atoms with Crippen LogP contribution in [0.3, 0.4) is 0 Å². The molecule has 0 aliphatic heterocycles. The molecule has 0 amide bonds. The summed E-state index contributed by atoms with van der Waals surface area (Å²) in [5.41, 5.74) is 15.2. The van der Waals surface area contributed by atoms with Crippen molar-refractivity contribution < 1.29 is 0 Å². The molecule has 0 aliphatic rings. The van der Waals surface area contributed by atoms with E-state index in [2.05, 4.69) is 32.0 Å². The lowest BCUT2D eigenvalue weighted by Gasteiger charge is -2.12. The van der Waals surface area contributed by atoms with Crippen LogP contribution in [0.1, 0.15) is 29.2 Å². The molecular weight excluding hydrogens is 160 g/mol. The third-order valence-electron chi connectivity index (χ3n) is 2.44. The van der Waals surface area contributed by atoms with Crippen LogP contribution in [0.4, 0.5) is 0 Å². The van der Waals surface area contributed by atoms with Gasteiger partial charge < -0.3 is 11.5 Å². The van der Waals surface area contributed by atoms with Gasteiger partial charge in [0.15, 0.2) is 0 Å². The van der Waals surface area contributed by atoms with Gasteiger partial charge in [0.05, 0.1) is 0 Å². The molecular formula is C11H18N2. The van der Waals surface area contributed by atoms with Crippen LogP contribution in [0, 0.1) is 13.8 Å². The van der Waals surface area contributed by atoms with Crippen molar-refractivity contribution in [3.8, 4) is 0 Å². The van der Waals surface area contributed by atoms with Gasteiger partial charge in [0.25, 0.3) is 0 Å². The minimum Gasteiger partial charge on any atom is -0.330 e. The van der Waals surface area contributed by atoms with Crippen LogP contribution >= 0.6 is 0 Å². The van der Waals surface area contributed by atoms with E-state index >= 15 is 0 Å². The highest BCUT2D eigenvalue weighted by Crippen LogP contribution is 2.16. The van der Waals surface area contributed by atoms with Crippen LogP contribution in [0.2, 0.25) is 0 Å². The highest BCUT2D eigenvalue weighted by Gasteiger charge is 2.04. The lowest BCUT2D eigenvalue weighted by Crippen LogP contribution is -2.15. The smallest absolute Gasteiger partial charge is 0.0307 e. The van der Waals surface area contributed by atoms with Crippen molar-refractivity contribution in [2.75, 3.05) is 6.54 Å². The van der Waals surface area contributed by atoms with Crippen LogP contribution in [-0.4, -0.2) is 6.54 Å². The van der Waals surface area contributed by atoms with Crippen molar-refractivity contribution in [3.63, 3.8) is 0 Å². The highest BCUT2D eigenvalue weighted by atomic mass is 14.7. The predicted octanol–water partition coefficient (Wildman–Crippen LogP) is 1.65. The average molecular weight is 178 g/mol. The molecule has 0 radical (unpaired) electrons. The van der Waals surface area contributed by atoms with Crippen LogP contribution in [-0.2, 0) is 0 Å². The predicted molar refractivity (Wildman–Crippen MR) is 56.5 cm³/mol. The molecule has 1 unspecified atom stereocenters. The number of hydrogen-bond acceptors (Lipinski definition) is 2. The summed E-state index contributed by atoms with van der Waals surface area (Å²) >= 11 is 0. The molecule has 0 spiro atoms. The first-order chi connectivity index (χ1) is 6.15. The second-order valence-corrected chi connectivity index (χ2v) is 3.53. The zero-order valence-electron chi connectivity index (χ0n) is 8.38. The zero-order chi connectivity index (χ0) is 9.84. The third kappa shape index (κ3) is 2.54. The van der Waals surface area contributed by atoms with Crippen molar-refractivity contribution >= 4 is 0 Å². The van der Waals surface area contributed by atoms with Gasteiger partial charge in [-0.3, -0.25) is 0 Å². The molecule has 0 aliphatic carbocycles. The van der Waals surface area contributed by atoms with Gasteiger partial charge in [-0.25, -0.2) is 0 Å². The molecule has 4 N–H and O–H groups in total. The molecule has 1 aromatic rings. The fraction of sp³-hybridized carbons (Fsp3) is 0.455. The lowest BCUT2D eigenvalue weighted by molar-refractivity contribution is 0.661. The van der Waals surface area contributed by atoms with Gasteiger partial charge in [0.2, 0.25) is 0 Å². The summed E-state index contributed by atoms with van der Waals surface area (Å²) in [6.07, 6.45) is 0.850. The summed E-state index contributed by atoms with van der Waals surface area (Å²) in [7, 11) is 0. The van der Waals surface area contributed by atoms with E-state index in [1.54, 1.807) is 0 Å². The Morgan fingerprint density at radius 2 is 1.92 bits per heavy atom. The average Bonchev–Trinajstić information content (AvgIpc) is 2.10. The standard InChI is InChI=1S/C11H18N2/c1-8-3-4-10(7-9(8)2)11(13)5-6-12/h3-4,7,11H,5-6,12-13H2,1-2H3. The van der Waals surface area contributed by atoms with Gasteiger partial charge in [-0.15, -0.1) is 0 Å². The van der Waals surface area contributed by atoms with Gasteiger partial charge in [-0.2, -0.15) is 0 Å². The van der Waals surface area contributed by atoms with E-state index in [1.807, 2.05) is 0 Å². The van der Waals surface area contributed by atoms with Gasteiger partial charge in [-0.05, 0) is 43.5 Å². The molecule has 0 heterocycles. The highest BCUT2D eigenvalue weighted by molar-refractivity contribution is 5.31. The van der Waals surface area contributed by atoms with E-state index in [1.165, 1.54) is 16.7 Å². The van der Waals surface area contributed by atoms with Crippen LogP contribution in [0.25, 0.3) is 0 Å². The summed E-state index contributed by atoms with van der Waals surface area (Å²) in [6.45, 7) is 4.86. The lowest BCUT2D eigenvalue weighted by atomic mass is 10.00. The molecule has 0 fully saturated rings. The van der Waals surface area contributed by atoms with Crippen LogP contribution < -0.4 is 11.5 Å². The van der Waals surface area contributed by atoms with E-state index in [9.17, 15) is 0 Å². The maximum absolute atomic E-state index is 5.94. The first kappa shape index (κ1) is 10.2. The fourth-order valence-electron chi connectivity index (χ4n) is 1.34. The molecule has 0 aromatic heterocycles. The van der Waals surface area contributed by atoms with Crippen molar-refractivity contribution in [2.45, 2.75) is 26.3 Å². The molecule has 1 rings (SSSR count). The Morgan fingerprint density at radius 1 is 1.23 bits per heavy atom. The molecule has 1 aromatic carbocycles. The summed E-state index contributed by atoms with van der Waals surface area (Å²) in [5.74, 6) is 0. The van der Waals surface area contributed by atoms with Crippen LogP contribution in [0.15, 0.2) is 18.2 Å². The molecule has 2 nitrogen and oxygen atoms in total. The third-order valence-corrected chi connectivity index (χ3v) is 2.44. The Balaban J connectivity index is 2.84. The molecule has 1 atom stereocenters. The fourth-order valence-corrected chi connectivity index (χ4v) is 1.34. The molecule has 0 saturated carbocycles. The SMILES string of the molecule is Cc1ccc(C(N)CCN)cc1C. The van der Waals surface area contributed by atoms with Crippen molar-refractivity contribution in [2.24, 2.45) is 11.5 Å². The van der Waals surface area contributed by atoms with E-state index < -0.39 is 0 Å². The zero-order valence-corrected chi connectivity index (χ0v) is 8.38. The van der Waals surface area contributed by atoms with E-state index in [0.29, 0.717) is 6.54 Å². The van der Waals surface area contributed by atoms with E-state index in [4.69, 9.17) is 11.5 Å². The van der Waals surface area contributed by atoms with Gasteiger partial charge in [0.1, 0.15) is 0 Å². The number of aryl methyl sites for hydroxylation is 2. The topological polar surface area (TPSA) is 52.0 Å². The van der Waals surface area contributed by atoms with Crippen molar-refractivity contribution in [3.05, 3.63) is 34.9 Å². The normalized spacial score (nSPS) is 12.9. The summed E-state index contributed by atoms with van der Waals surface area (Å²) in [5, 5.41) is 0.